The summed E-state index contributed by atoms with van der Waals surface area (Å²) in [4.78, 5) is 1.57. The summed E-state index contributed by atoms with van der Waals surface area (Å²) in [6.45, 7) is 12.3. The van der Waals surface area contributed by atoms with Crippen molar-refractivity contribution >= 4 is 10.8 Å². The Labute approximate surface area is 160 Å². The molecular formula is C23H30O2S. The van der Waals surface area contributed by atoms with Crippen LogP contribution in [-0.2, 0) is 10.8 Å². The van der Waals surface area contributed by atoms with Crippen molar-refractivity contribution in [2.45, 2.75) is 62.3 Å². The van der Waals surface area contributed by atoms with E-state index in [1.807, 2.05) is 55.5 Å². The van der Waals surface area contributed by atoms with Crippen LogP contribution < -0.4 is 0 Å². The van der Waals surface area contributed by atoms with E-state index < -0.39 is 16.9 Å². The van der Waals surface area contributed by atoms with Crippen molar-refractivity contribution in [3.05, 3.63) is 72.3 Å². The third-order valence-electron chi connectivity index (χ3n) is 4.46. The van der Waals surface area contributed by atoms with E-state index in [1.54, 1.807) is 6.08 Å². The molecule has 0 saturated carbocycles. The number of benzene rings is 2. The zero-order chi connectivity index (χ0) is 19.3. The highest BCUT2D eigenvalue weighted by Crippen LogP contribution is 2.38. The summed E-state index contributed by atoms with van der Waals surface area (Å²) in [5.41, 5.74) is 2.16. The number of aryl methyl sites for hydroxylation is 1. The van der Waals surface area contributed by atoms with Gasteiger partial charge in [-0.1, -0.05) is 62.7 Å². The lowest BCUT2D eigenvalue weighted by Crippen LogP contribution is -2.24. The van der Waals surface area contributed by atoms with E-state index in [1.165, 1.54) is 0 Å². The van der Waals surface area contributed by atoms with Crippen LogP contribution >= 0.6 is 0 Å². The van der Waals surface area contributed by atoms with Crippen LogP contribution in [0.2, 0.25) is 0 Å². The molecule has 0 amide bonds. The van der Waals surface area contributed by atoms with E-state index >= 15 is 0 Å². The van der Waals surface area contributed by atoms with Crippen molar-refractivity contribution in [3.8, 4) is 0 Å². The van der Waals surface area contributed by atoms with Crippen LogP contribution in [0, 0.1) is 12.3 Å². The Balaban J connectivity index is 2.48. The van der Waals surface area contributed by atoms with Gasteiger partial charge in [-0.25, -0.2) is 4.21 Å². The van der Waals surface area contributed by atoms with E-state index in [9.17, 15) is 9.32 Å². The lowest BCUT2D eigenvalue weighted by atomic mass is 9.78. The summed E-state index contributed by atoms with van der Waals surface area (Å²) in [6, 6.07) is 15.6. The van der Waals surface area contributed by atoms with Crippen molar-refractivity contribution in [1.82, 2.24) is 0 Å². The van der Waals surface area contributed by atoms with E-state index in [-0.39, 0.29) is 11.3 Å². The van der Waals surface area contributed by atoms with E-state index in [4.69, 9.17) is 0 Å². The average Bonchev–Trinajstić information content (AvgIpc) is 2.59. The first-order valence-electron chi connectivity index (χ1n) is 9.09. The van der Waals surface area contributed by atoms with Gasteiger partial charge in [0.25, 0.3) is 0 Å². The Kier molecular flexibility index (Phi) is 6.96. The molecule has 3 heteroatoms. The second-order valence-electron chi connectivity index (χ2n) is 8.08. The van der Waals surface area contributed by atoms with Crippen LogP contribution in [0.3, 0.4) is 0 Å². The van der Waals surface area contributed by atoms with Gasteiger partial charge in [0.05, 0.1) is 16.9 Å². The Bertz CT molecular complexity index is 757. The predicted octanol–water partition coefficient (Wildman–Crippen LogP) is 5.62. The van der Waals surface area contributed by atoms with Gasteiger partial charge in [0.1, 0.15) is 0 Å². The van der Waals surface area contributed by atoms with Gasteiger partial charge in [0.15, 0.2) is 0 Å². The molecule has 0 fully saturated rings. The van der Waals surface area contributed by atoms with Crippen molar-refractivity contribution in [1.29, 1.82) is 0 Å². The smallest absolute Gasteiger partial charge is 0.0852 e. The zero-order valence-corrected chi connectivity index (χ0v) is 17.1. The zero-order valence-electron chi connectivity index (χ0n) is 16.2. The molecule has 0 heterocycles. The van der Waals surface area contributed by atoms with Crippen LogP contribution in [0.15, 0.2) is 71.0 Å². The number of hydrogen-bond acceptors (Lipinski definition) is 2. The fourth-order valence-electron chi connectivity index (χ4n) is 3.19. The van der Waals surface area contributed by atoms with E-state index in [0.717, 1.165) is 27.3 Å². The van der Waals surface area contributed by atoms with E-state index in [2.05, 4.69) is 27.4 Å². The summed E-state index contributed by atoms with van der Waals surface area (Å²) in [7, 11) is -1.27. The summed E-state index contributed by atoms with van der Waals surface area (Å²) in [6.07, 6.45) is 2.54. The van der Waals surface area contributed by atoms with Crippen LogP contribution in [0.5, 0.6) is 0 Å². The van der Waals surface area contributed by atoms with Crippen LogP contribution in [0.25, 0.3) is 0 Å². The average molecular weight is 371 g/mol. The first-order valence-corrected chi connectivity index (χ1v) is 10.2. The highest BCUT2D eigenvalue weighted by molar-refractivity contribution is 7.85. The second-order valence-corrected chi connectivity index (χ2v) is 9.53. The molecule has 0 bridgehead atoms. The Morgan fingerprint density at radius 1 is 1.12 bits per heavy atom. The minimum atomic E-state index is -1.27. The summed E-state index contributed by atoms with van der Waals surface area (Å²) >= 11 is 0. The highest BCUT2D eigenvalue weighted by atomic mass is 32.2. The number of rotatable bonds is 7. The normalized spacial score (nSPS) is 15.3. The van der Waals surface area contributed by atoms with Gasteiger partial charge in [-0.15, -0.1) is 6.58 Å². The molecule has 0 aromatic heterocycles. The fraction of sp³-hybridized carbons (Fsp3) is 0.391. The molecule has 0 spiro atoms. The molecule has 3 atom stereocenters. The minimum absolute atomic E-state index is 0.0469. The third kappa shape index (κ3) is 5.39. The molecule has 2 rings (SSSR count). The molecule has 0 aliphatic carbocycles. The lowest BCUT2D eigenvalue weighted by Gasteiger charge is -2.31. The van der Waals surface area contributed by atoms with Gasteiger partial charge in [-0.05, 0) is 48.9 Å². The molecule has 2 aromatic carbocycles. The van der Waals surface area contributed by atoms with Gasteiger partial charge >= 0.3 is 0 Å². The summed E-state index contributed by atoms with van der Waals surface area (Å²) < 4.78 is 13.2. The predicted molar refractivity (Wildman–Crippen MR) is 110 cm³/mol. The van der Waals surface area contributed by atoms with Crippen LogP contribution in [-0.4, -0.2) is 15.4 Å². The van der Waals surface area contributed by atoms with Crippen LogP contribution in [0.1, 0.15) is 50.7 Å². The molecule has 0 aliphatic rings. The molecule has 140 valence electrons. The van der Waals surface area contributed by atoms with E-state index in [0.29, 0.717) is 6.42 Å². The summed E-state index contributed by atoms with van der Waals surface area (Å²) in [5.74, 6) is -0.0846. The van der Waals surface area contributed by atoms with Crippen molar-refractivity contribution in [2.75, 3.05) is 0 Å². The Morgan fingerprint density at radius 3 is 2.31 bits per heavy atom. The van der Waals surface area contributed by atoms with Crippen molar-refractivity contribution < 1.29 is 9.32 Å². The molecule has 2 aromatic rings. The maximum atomic E-state index is 13.2. The first-order chi connectivity index (χ1) is 12.2. The molecule has 0 saturated heterocycles. The van der Waals surface area contributed by atoms with Crippen LogP contribution in [0.4, 0.5) is 0 Å². The molecule has 1 unspecified atom stereocenters. The monoisotopic (exact) mass is 370 g/mol. The maximum absolute atomic E-state index is 13.2. The fourth-order valence-corrected chi connectivity index (χ4v) is 4.47. The lowest BCUT2D eigenvalue weighted by molar-refractivity contribution is 0.121. The topological polar surface area (TPSA) is 37.3 Å². The van der Waals surface area contributed by atoms with Gasteiger partial charge in [0, 0.05) is 15.7 Å². The number of aliphatic hydroxyl groups is 1. The SMILES string of the molecule is C=CC[C@H](O)[C@@H](CC(C)(C)C)c1ccccc1S(=O)c1ccc(C)cc1. The summed E-state index contributed by atoms with van der Waals surface area (Å²) in [5, 5.41) is 10.8. The Morgan fingerprint density at radius 2 is 1.73 bits per heavy atom. The minimum Gasteiger partial charge on any atom is -0.392 e. The van der Waals surface area contributed by atoms with Gasteiger partial charge < -0.3 is 5.11 Å². The highest BCUT2D eigenvalue weighted by Gasteiger charge is 2.29. The van der Waals surface area contributed by atoms with Gasteiger partial charge in [-0.2, -0.15) is 0 Å². The number of hydrogen-bond donors (Lipinski definition) is 1. The van der Waals surface area contributed by atoms with Crippen molar-refractivity contribution in [2.24, 2.45) is 5.41 Å². The largest absolute Gasteiger partial charge is 0.392 e. The molecule has 26 heavy (non-hydrogen) atoms. The van der Waals surface area contributed by atoms with Crippen molar-refractivity contribution in [3.63, 3.8) is 0 Å². The Hall–Kier alpha value is -1.71. The van der Waals surface area contributed by atoms with Gasteiger partial charge in [-0.3, -0.25) is 0 Å². The second kappa shape index (κ2) is 8.79. The third-order valence-corrected chi connectivity index (χ3v) is 5.93. The standard InChI is InChI=1S/C23H30O2S/c1-6-9-21(24)20(16-23(3,4)5)19-10-7-8-11-22(19)26(25)18-14-12-17(2)13-15-18/h6-8,10-15,20-21,24H,1,9,16H2,2-5H3/t20-,21-,26?/m0/s1. The molecule has 2 nitrogen and oxygen atoms in total. The van der Waals surface area contributed by atoms with Gasteiger partial charge in [0.2, 0.25) is 0 Å². The quantitative estimate of drug-likeness (QED) is 0.642. The first kappa shape index (κ1) is 20.6. The molecule has 0 radical (unpaired) electrons. The maximum Gasteiger partial charge on any atom is 0.0852 e. The molecule has 0 aliphatic heterocycles. The molecule has 1 N–H and O–H groups in total. The molecular weight excluding hydrogens is 340 g/mol. The number of aliphatic hydroxyl groups excluding tert-OH is 1.